The summed E-state index contributed by atoms with van der Waals surface area (Å²) < 4.78 is 43.0. The van der Waals surface area contributed by atoms with E-state index in [-0.39, 0.29) is 6.54 Å². The second kappa shape index (κ2) is 8.29. The first-order valence-electron chi connectivity index (χ1n) is 8.97. The van der Waals surface area contributed by atoms with Crippen LogP contribution in [0.5, 0.6) is 0 Å². The maximum absolute atomic E-state index is 12.4. The van der Waals surface area contributed by atoms with Gasteiger partial charge >= 0.3 is 6.18 Å². The average molecular weight is 432 g/mol. The van der Waals surface area contributed by atoms with Crippen LogP contribution in [0.15, 0.2) is 28.9 Å². The molecule has 2 N–H and O–H groups in total. The lowest BCUT2D eigenvalue weighted by Gasteiger charge is -2.41. The fourth-order valence-corrected chi connectivity index (χ4v) is 3.19. The van der Waals surface area contributed by atoms with Crippen LogP contribution in [-0.2, 0) is 10.3 Å². The Bertz CT molecular complexity index is 854. The highest BCUT2D eigenvalue weighted by Gasteiger charge is 2.39. The van der Waals surface area contributed by atoms with Gasteiger partial charge in [0.2, 0.25) is 11.8 Å². The largest absolute Gasteiger partial charge is 0.437 e. The van der Waals surface area contributed by atoms with Crippen molar-refractivity contribution in [2.75, 3.05) is 26.2 Å². The van der Waals surface area contributed by atoms with Crippen LogP contribution >= 0.6 is 11.6 Å². The van der Waals surface area contributed by atoms with Crippen LogP contribution in [0.3, 0.4) is 0 Å². The van der Waals surface area contributed by atoms with Gasteiger partial charge in [0, 0.05) is 25.8 Å². The third-order valence-corrected chi connectivity index (χ3v) is 4.98. The molecule has 0 radical (unpaired) electrons. The number of carbonyl (C=O) groups excluding carboxylic acids is 1. The molecule has 3 heterocycles. The van der Waals surface area contributed by atoms with Gasteiger partial charge in [-0.15, -0.1) is 0 Å². The SMILES string of the molecule is CC(C)(c1ncc(-c2ccc(Cl)cn2)o1)N1CCN[C@H](C(=O)NCC(F)(F)F)C1. The Balaban J connectivity index is 1.70. The molecule has 0 aromatic carbocycles. The molecule has 0 bridgehead atoms. The molecule has 1 saturated heterocycles. The van der Waals surface area contributed by atoms with Gasteiger partial charge in [-0.3, -0.25) is 14.7 Å². The van der Waals surface area contributed by atoms with Crippen molar-refractivity contribution in [2.24, 2.45) is 0 Å². The van der Waals surface area contributed by atoms with E-state index in [0.29, 0.717) is 35.5 Å². The van der Waals surface area contributed by atoms with Crippen molar-refractivity contribution in [1.29, 1.82) is 0 Å². The van der Waals surface area contributed by atoms with Crippen molar-refractivity contribution in [3.05, 3.63) is 35.4 Å². The van der Waals surface area contributed by atoms with E-state index >= 15 is 0 Å². The van der Waals surface area contributed by atoms with Crippen molar-refractivity contribution in [3.8, 4) is 11.5 Å². The minimum atomic E-state index is -4.45. The number of carbonyl (C=O) groups is 1. The third-order valence-electron chi connectivity index (χ3n) is 4.75. The molecule has 1 aliphatic rings. The Labute approximate surface area is 170 Å². The molecular formula is C18H21ClF3N5O2. The van der Waals surface area contributed by atoms with Crippen molar-refractivity contribution in [1.82, 2.24) is 25.5 Å². The second-order valence-corrected chi connectivity index (χ2v) is 7.67. The highest BCUT2D eigenvalue weighted by atomic mass is 35.5. The fourth-order valence-electron chi connectivity index (χ4n) is 3.08. The number of hydrogen-bond acceptors (Lipinski definition) is 6. The number of rotatable bonds is 5. The number of aromatic nitrogens is 2. The molecule has 11 heteroatoms. The number of pyridine rings is 1. The number of nitrogens with zero attached hydrogens (tertiary/aromatic N) is 3. The van der Waals surface area contributed by atoms with E-state index in [1.807, 2.05) is 24.1 Å². The van der Waals surface area contributed by atoms with E-state index in [9.17, 15) is 18.0 Å². The van der Waals surface area contributed by atoms with Crippen LogP contribution < -0.4 is 10.6 Å². The lowest BCUT2D eigenvalue weighted by atomic mass is 10.00. The number of alkyl halides is 3. The summed E-state index contributed by atoms with van der Waals surface area (Å²) in [6.45, 7) is 3.65. The molecule has 0 spiro atoms. The van der Waals surface area contributed by atoms with E-state index in [1.54, 1.807) is 18.3 Å². The van der Waals surface area contributed by atoms with E-state index < -0.39 is 30.2 Å². The maximum atomic E-state index is 12.4. The molecule has 7 nitrogen and oxygen atoms in total. The molecular weight excluding hydrogens is 411 g/mol. The fraction of sp³-hybridized carbons (Fsp3) is 0.500. The Morgan fingerprint density at radius 3 is 2.76 bits per heavy atom. The number of piperazine rings is 1. The number of halogens is 4. The van der Waals surface area contributed by atoms with E-state index in [0.717, 1.165) is 0 Å². The normalized spacial score (nSPS) is 18.6. The molecule has 1 atom stereocenters. The first kappa shape index (κ1) is 21.5. The first-order valence-corrected chi connectivity index (χ1v) is 9.35. The summed E-state index contributed by atoms with van der Waals surface area (Å²) in [4.78, 5) is 22.6. The summed E-state index contributed by atoms with van der Waals surface area (Å²) in [5.74, 6) is 0.196. The van der Waals surface area contributed by atoms with Gasteiger partial charge in [0.15, 0.2) is 5.76 Å². The number of hydrogen-bond donors (Lipinski definition) is 2. The number of oxazole rings is 1. The molecule has 1 aliphatic heterocycles. The summed E-state index contributed by atoms with van der Waals surface area (Å²) in [5.41, 5.74) is -0.108. The number of amides is 1. The molecule has 2 aromatic rings. The first-order chi connectivity index (χ1) is 13.6. The monoisotopic (exact) mass is 431 g/mol. The average Bonchev–Trinajstić information content (AvgIpc) is 3.17. The summed E-state index contributed by atoms with van der Waals surface area (Å²) in [7, 11) is 0. The van der Waals surface area contributed by atoms with Crippen LogP contribution in [-0.4, -0.2) is 59.2 Å². The molecule has 1 amide bonds. The van der Waals surface area contributed by atoms with Gasteiger partial charge in [0.1, 0.15) is 12.2 Å². The molecule has 2 aromatic heterocycles. The Hall–Kier alpha value is -2.17. The van der Waals surface area contributed by atoms with Crippen molar-refractivity contribution >= 4 is 17.5 Å². The zero-order valence-corrected chi connectivity index (χ0v) is 16.6. The maximum Gasteiger partial charge on any atom is 0.405 e. The molecule has 0 unspecified atom stereocenters. The third kappa shape index (κ3) is 5.26. The van der Waals surface area contributed by atoms with Crippen LogP contribution in [0.4, 0.5) is 13.2 Å². The van der Waals surface area contributed by atoms with E-state index in [1.165, 1.54) is 6.20 Å². The highest BCUT2D eigenvalue weighted by Crippen LogP contribution is 2.31. The highest BCUT2D eigenvalue weighted by molar-refractivity contribution is 6.30. The van der Waals surface area contributed by atoms with Gasteiger partial charge in [-0.2, -0.15) is 13.2 Å². The molecule has 3 rings (SSSR count). The Kier molecular flexibility index (Phi) is 6.16. The van der Waals surface area contributed by atoms with Crippen LogP contribution in [0.2, 0.25) is 5.02 Å². The lowest BCUT2D eigenvalue weighted by Crippen LogP contribution is -2.61. The molecule has 158 valence electrons. The van der Waals surface area contributed by atoms with Gasteiger partial charge in [-0.1, -0.05) is 11.6 Å². The predicted molar refractivity (Wildman–Crippen MR) is 100 cm³/mol. The molecule has 1 fully saturated rings. The van der Waals surface area contributed by atoms with Gasteiger partial charge in [0.25, 0.3) is 0 Å². The smallest absolute Gasteiger partial charge is 0.405 e. The van der Waals surface area contributed by atoms with Gasteiger partial charge < -0.3 is 15.1 Å². The van der Waals surface area contributed by atoms with Gasteiger partial charge in [-0.05, 0) is 26.0 Å². The molecule has 29 heavy (non-hydrogen) atoms. The van der Waals surface area contributed by atoms with Crippen molar-refractivity contribution in [2.45, 2.75) is 31.6 Å². The Morgan fingerprint density at radius 1 is 1.34 bits per heavy atom. The van der Waals surface area contributed by atoms with Gasteiger partial charge in [0.05, 0.1) is 22.8 Å². The zero-order chi connectivity index (χ0) is 21.2. The van der Waals surface area contributed by atoms with Gasteiger partial charge in [-0.25, -0.2) is 4.98 Å². The van der Waals surface area contributed by atoms with Crippen LogP contribution in [0.25, 0.3) is 11.5 Å². The Morgan fingerprint density at radius 2 is 2.10 bits per heavy atom. The summed E-state index contributed by atoms with van der Waals surface area (Å²) >= 11 is 5.85. The summed E-state index contributed by atoms with van der Waals surface area (Å²) in [5, 5.41) is 5.38. The molecule has 0 saturated carbocycles. The van der Waals surface area contributed by atoms with Crippen molar-refractivity contribution in [3.63, 3.8) is 0 Å². The van der Waals surface area contributed by atoms with Crippen LogP contribution in [0, 0.1) is 0 Å². The second-order valence-electron chi connectivity index (χ2n) is 7.24. The topological polar surface area (TPSA) is 83.3 Å². The predicted octanol–water partition coefficient (Wildman–Crippen LogP) is 2.58. The van der Waals surface area contributed by atoms with Crippen molar-refractivity contribution < 1.29 is 22.4 Å². The zero-order valence-electron chi connectivity index (χ0n) is 15.9. The number of nitrogens with one attached hydrogen (secondary N) is 2. The minimum Gasteiger partial charge on any atom is -0.437 e. The summed E-state index contributed by atoms with van der Waals surface area (Å²) in [6, 6.07) is 2.64. The van der Waals surface area contributed by atoms with E-state index in [2.05, 4.69) is 15.3 Å². The molecule has 0 aliphatic carbocycles. The van der Waals surface area contributed by atoms with Crippen LogP contribution in [0.1, 0.15) is 19.7 Å². The standard InChI is InChI=1S/C18H21ClF3N5O2/c1-17(2,16-25-8-14(29-16)12-4-3-11(19)7-24-12)27-6-5-23-13(9-27)15(28)26-10-18(20,21)22/h3-4,7-8,13,23H,5-6,9-10H2,1-2H3,(H,26,28)/t13-/m0/s1. The quantitative estimate of drug-likeness (QED) is 0.757. The lowest BCUT2D eigenvalue weighted by molar-refractivity contribution is -0.140. The van der Waals surface area contributed by atoms with E-state index in [4.69, 9.17) is 16.0 Å². The summed E-state index contributed by atoms with van der Waals surface area (Å²) in [6.07, 6.45) is -1.39. The minimum absolute atomic E-state index is 0.216.